The summed E-state index contributed by atoms with van der Waals surface area (Å²) in [4.78, 5) is 14.7. The van der Waals surface area contributed by atoms with E-state index in [2.05, 4.69) is 17.1 Å². The first kappa shape index (κ1) is 16.1. The molecule has 3 aliphatic rings. The number of carbonyl (C=O) groups is 1. The molecule has 4 nitrogen and oxygen atoms in total. The summed E-state index contributed by atoms with van der Waals surface area (Å²) in [6.07, 6.45) is 12.9. The van der Waals surface area contributed by atoms with Crippen molar-refractivity contribution in [3.05, 3.63) is 0 Å². The van der Waals surface area contributed by atoms with Crippen molar-refractivity contribution < 1.29 is 9.53 Å². The molecular weight excluding hydrogens is 276 g/mol. The van der Waals surface area contributed by atoms with Gasteiger partial charge in [0.15, 0.2) is 0 Å². The molecular formula is C18H32N2O2. The highest BCUT2D eigenvalue weighted by Gasteiger charge is 2.33. The Kier molecular flexibility index (Phi) is 5.61. The Bertz CT molecular complexity index is 362. The van der Waals surface area contributed by atoms with Gasteiger partial charge in [0, 0.05) is 19.2 Å². The first-order valence-electron chi connectivity index (χ1n) is 9.43. The molecule has 0 aromatic carbocycles. The van der Waals surface area contributed by atoms with Crippen molar-refractivity contribution in [2.75, 3.05) is 13.2 Å². The van der Waals surface area contributed by atoms with Gasteiger partial charge in [0.1, 0.15) is 0 Å². The lowest BCUT2D eigenvalue weighted by Crippen LogP contribution is -2.49. The molecule has 3 fully saturated rings. The van der Waals surface area contributed by atoms with E-state index < -0.39 is 0 Å². The van der Waals surface area contributed by atoms with Crippen molar-refractivity contribution in [1.82, 2.24) is 10.2 Å². The molecule has 2 saturated heterocycles. The second kappa shape index (κ2) is 7.67. The highest BCUT2D eigenvalue weighted by atomic mass is 16.5. The quantitative estimate of drug-likeness (QED) is 0.860. The zero-order chi connectivity index (χ0) is 15.4. The topological polar surface area (TPSA) is 41.6 Å². The molecule has 2 aliphatic heterocycles. The predicted molar refractivity (Wildman–Crippen MR) is 87.9 cm³/mol. The molecule has 4 heteroatoms. The second-order valence-corrected chi connectivity index (χ2v) is 7.52. The van der Waals surface area contributed by atoms with Crippen LogP contribution in [0.4, 0.5) is 4.79 Å². The highest BCUT2D eigenvalue weighted by molar-refractivity contribution is 5.75. The normalized spacial score (nSPS) is 31.4. The van der Waals surface area contributed by atoms with Crippen molar-refractivity contribution in [1.29, 1.82) is 0 Å². The van der Waals surface area contributed by atoms with E-state index in [4.69, 9.17) is 4.74 Å². The highest BCUT2D eigenvalue weighted by Crippen LogP contribution is 2.32. The summed E-state index contributed by atoms with van der Waals surface area (Å²) >= 11 is 0. The average molecular weight is 308 g/mol. The van der Waals surface area contributed by atoms with Crippen LogP contribution in [0, 0.1) is 5.92 Å². The van der Waals surface area contributed by atoms with Gasteiger partial charge >= 0.3 is 6.03 Å². The van der Waals surface area contributed by atoms with Gasteiger partial charge in [-0.3, -0.25) is 0 Å². The number of carbonyl (C=O) groups excluding carboxylic acids is 1. The molecule has 0 bridgehead atoms. The lowest BCUT2D eigenvalue weighted by Gasteiger charge is -2.31. The molecule has 3 atom stereocenters. The summed E-state index contributed by atoms with van der Waals surface area (Å²) < 4.78 is 5.69. The Labute approximate surface area is 135 Å². The lowest BCUT2D eigenvalue weighted by molar-refractivity contribution is 0.0824. The van der Waals surface area contributed by atoms with Crippen LogP contribution in [0.25, 0.3) is 0 Å². The standard InChI is InChI=1S/C18H32N2O2/c1-14(17-10-6-12-22-17)19-18(21)20-11-5-9-16(20)13-15-7-3-2-4-8-15/h14-17H,2-13H2,1H3,(H,19,21). The molecule has 22 heavy (non-hydrogen) atoms. The van der Waals surface area contributed by atoms with Crippen LogP contribution in [-0.2, 0) is 4.74 Å². The first-order chi connectivity index (χ1) is 10.7. The van der Waals surface area contributed by atoms with Crippen LogP contribution in [0.5, 0.6) is 0 Å². The summed E-state index contributed by atoms with van der Waals surface area (Å²) in [5.74, 6) is 0.850. The van der Waals surface area contributed by atoms with Gasteiger partial charge in [0.05, 0.1) is 12.1 Å². The Hall–Kier alpha value is -0.770. The number of urea groups is 1. The molecule has 2 heterocycles. The van der Waals surface area contributed by atoms with Crippen molar-refractivity contribution in [3.63, 3.8) is 0 Å². The number of rotatable bonds is 4. The van der Waals surface area contributed by atoms with Gasteiger partial charge in [-0.1, -0.05) is 32.1 Å². The molecule has 126 valence electrons. The van der Waals surface area contributed by atoms with Gasteiger partial charge in [0.25, 0.3) is 0 Å². The Morgan fingerprint density at radius 1 is 1.14 bits per heavy atom. The van der Waals surface area contributed by atoms with Gasteiger partial charge in [-0.05, 0) is 44.9 Å². The number of likely N-dealkylation sites (tertiary alicyclic amines) is 1. The summed E-state index contributed by atoms with van der Waals surface area (Å²) in [6, 6.07) is 0.743. The number of hydrogen-bond donors (Lipinski definition) is 1. The number of ether oxygens (including phenoxy) is 1. The molecule has 1 saturated carbocycles. The number of amides is 2. The molecule has 3 unspecified atom stereocenters. The zero-order valence-electron chi connectivity index (χ0n) is 14.1. The maximum Gasteiger partial charge on any atom is 0.317 e. The molecule has 0 aromatic heterocycles. The van der Waals surface area contributed by atoms with E-state index in [0.717, 1.165) is 31.9 Å². The Morgan fingerprint density at radius 2 is 1.95 bits per heavy atom. The van der Waals surface area contributed by atoms with Crippen LogP contribution < -0.4 is 5.32 Å². The van der Waals surface area contributed by atoms with Crippen LogP contribution in [0.1, 0.15) is 71.1 Å². The van der Waals surface area contributed by atoms with E-state index in [1.807, 2.05) is 0 Å². The maximum absolute atomic E-state index is 12.6. The minimum Gasteiger partial charge on any atom is -0.376 e. The minimum absolute atomic E-state index is 0.130. The maximum atomic E-state index is 12.6. The minimum atomic E-state index is 0.130. The predicted octanol–water partition coefficient (Wildman–Crippen LogP) is 3.70. The summed E-state index contributed by atoms with van der Waals surface area (Å²) in [5.41, 5.74) is 0. The molecule has 2 amide bonds. The van der Waals surface area contributed by atoms with Gasteiger partial charge in [-0.15, -0.1) is 0 Å². The van der Waals surface area contributed by atoms with Gasteiger partial charge < -0.3 is 15.0 Å². The fraction of sp³-hybridized carbons (Fsp3) is 0.944. The zero-order valence-corrected chi connectivity index (χ0v) is 14.1. The molecule has 0 aromatic rings. The molecule has 0 spiro atoms. The largest absolute Gasteiger partial charge is 0.376 e. The van der Waals surface area contributed by atoms with E-state index in [-0.39, 0.29) is 18.2 Å². The smallest absolute Gasteiger partial charge is 0.317 e. The van der Waals surface area contributed by atoms with Gasteiger partial charge in [0.2, 0.25) is 0 Å². The van der Waals surface area contributed by atoms with Crippen LogP contribution in [-0.4, -0.2) is 42.3 Å². The fourth-order valence-corrected chi connectivity index (χ4v) is 4.52. The van der Waals surface area contributed by atoms with Crippen molar-refractivity contribution in [2.24, 2.45) is 5.92 Å². The first-order valence-corrected chi connectivity index (χ1v) is 9.43. The van der Waals surface area contributed by atoms with E-state index >= 15 is 0 Å². The third-order valence-electron chi connectivity index (χ3n) is 5.84. The SMILES string of the molecule is CC(NC(=O)N1CCCC1CC1CCCCC1)C1CCCO1. The van der Waals surface area contributed by atoms with Crippen LogP contribution >= 0.6 is 0 Å². The Morgan fingerprint density at radius 3 is 2.68 bits per heavy atom. The second-order valence-electron chi connectivity index (χ2n) is 7.52. The summed E-state index contributed by atoms with van der Waals surface area (Å²) in [6.45, 7) is 3.86. The number of nitrogens with one attached hydrogen (secondary N) is 1. The van der Waals surface area contributed by atoms with E-state index in [9.17, 15) is 4.79 Å². The van der Waals surface area contributed by atoms with Crippen molar-refractivity contribution in [2.45, 2.75) is 89.3 Å². The molecule has 1 aliphatic carbocycles. The van der Waals surface area contributed by atoms with Gasteiger partial charge in [-0.25, -0.2) is 4.79 Å². The fourth-order valence-electron chi connectivity index (χ4n) is 4.52. The van der Waals surface area contributed by atoms with Crippen LogP contribution in [0.2, 0.25) is 0 Å². The van der Waals surface area contributed by atoms with Crippen LogP contribution in [0.15, 0.2) is 0 Å². The monoisotopic (exact) mass is 308 g/mol. The Balaban J connectivity index is 1.49. The molecule has 0 radical (unpaired) electrons. The van der Waals surface area contributed by atoms with E-state index in [0.29, 0.717) is 6.04 Å². The molecule has 3 rings (SSSR count). The van der Waals surface area contributed by atoms with Crippen molar-refractivity contribution >= 4 is 6.03 Å². The average Bonchev–Trinajstić information content (AvgIpc) is 3.19. The van der Waals surface area contributed by atoms with E-state index in [1.165, 1.54) is 51.4 Å². The third kappa shape index (κ3) is 3.95. The van der Waals surface area contributed by atoms with Gasteiger partial charge in [-0.2, -0.15) is 0 Å². The third-order valence-corrected chi connectivity index (χ3v) is 5.84. The lowest BCUT2D eigenvalue weighted by atomic mass is 9.84. The number of hydrogen-bond acceptors (Lipinski definition) is 2. The van der Waals surface area contributed by atoms with Crippen molar-refractivity contribution in [3.8, 4) is 0 Å². The summed E-state index contributed by atoms with van der Waals surface area (Å²) in [5, 5.41) is 3.19. The number of nitrogens with zero attached hydrogens (tertiary/aromatic N) is 1. The van der Waals surface area contributed by atoms with Crippen LogP contribution in [0.3, 0.4) is 0 Å². The van der Waals surface area contributed by atoms with E-state index in [1.54, 1.807) is 0 Å². The molecule has 1 N–H and O–H groups in total. The summed E-state index contributed by atoms with van der Waals surface area (Å²) in [7, 11) is 0.